The molecule has 0 aromatic heterocycles. The van der Waals surface area contributed by atoms with Gasteiger partial charge in [0.2, 0.25) is 0 Å². The zero-order valence-electron chi connectivity index (χ0n) is 7.74. The summed E-state index contributed by atoms with van der Waals surface area (Å²) in [5.74, 6) is -1.11. The first-order chi connectivity index (χ1) is 6.61. The third-order valence-corrected chi connectivity index (χ3v) is 2.05. The van der Waals surface area contributed by atoms with Crippen LogP contribution in [0.25, 0.3) is 0 Å². The molecule has 14 heavy (non-hydrogen) atoms. The van der Waals surface area contributed by atoms with E-state index < -0.39 is 5.97 Å². The number of rotatable bonds is 2. The summed E-state index contributed by atoms with van der Waals surface area (Å²) in [4.78, 5) is 10.9. The van der Waals surface area contributed by atoms with Gasteiger partial charge in [-0.2, -0.15) is 5.26 Å². The molecule has 1 aromatic rings. The van der Waals surface area contributed by atoms with Crippen molar-refractivity contribution in [2.45, 2.75) is 13.5 Å². The van der Waals surface area contributed by atoms with Crippen LogP contribution in [0.1, 0.15) is 27.0 Å². The molecule has 0 aliphatic carbocycles. The van der Waals surface area contributed by atoms with E-state index in [1.165, 1.54) is 0 Å². The lowest BCUT2D eigenvalue weighted by Gasteiger charge is -2.07. The van der Waals surface area contributed by atoms with Crippen molar-refractivity contribution in [3.05, 3.63) is 34.4 Å². The van der Waals surface area contributed by atoms with Gasteiger partial charge in [0.25, 0.3) is 0 Å². The predicted octanol–water partition coefficient (Wildman–Crippen LogP) is 1.02. The molecule has 1 rings (SSSR count). The summed E-state index contributed by atoms with van der Waals surface area (Å²) in [6, 6.07) is 5.22. The van der Waals surface area contributed by atoms with Crippen molar-refractivity contribution in [1.29, 1.82) is 5.26 Å². The van der Waals surface area contributed by atoms with E-state index >= 15 is 0 Å². The average molecular weight is 190 g/mol. The molecule has 0 saturated heterocycles. The molecular formula is C10H10N2O2. The van der Waals surface area contributed by atoms with E-state index in [4.69, 9.17) is 16.1 Å². The fraction of sp³-hybridized carbons (Fsp3) is 0.200. The summed E-state index contributed by atoms with van der Waals surface area (Å²) < 4.78 is 0. The maximum Gasteiger partial charge on any atom is 0.337 e. The van der Waals surface area contributed by atoms with Crippen LogP contribution < -0.4 is 5.73 Å². The Bertz CT molecular complexity index is 419. The standard InChI is InChI=1S/C10H10N2O2/c1-6-2-3-7(4-11)9(10(13)14)8(6)5-12/h2-3H,4,11H2,1H3,(H,13,14). The van der Waals surface area contributed by atoms with Crippen molar-refractivity contribution in [2.24, 2.45) is 5.73 Å². The number of hydrogen-bond acceptors (Lipinski definition) is 3. The zero-order chi connectivity index (χ0) is 10.7. The number of aryl methyl sites for hydroxylation is 1. The smallest absolute Gasteiger partial charge is 0.337 e. The Morgan fingerprint density at radius 2 is 2.29 bits per heavy atom. The molecule has 4 nitrogen and oxygen atoms in total. The first-order valence-corrected chi connectivity index (χ1v) is 4.07. The van der Waals surface area contributed by atoms with Gasteiger partial charge in [-0.3, -0.25) is 0 Å². The number of nitrogens with two attached hydrogens (primary N) is 1. The number of carboxylic acid groups (broad SMARTS) is 1. The minimum absolute atomic E-state index is 0.0231. The third-order valence-electron chi connectivity index (χ3n) is 2.05. The van der Waals surface area contributed by atoms with Crippen molar-refractivity contribution in [1.82, 2.24) is 0 Å². The monoisotopic (exact) mass is 190 g/mol. The highest BCUT2D eigenvalue weighted by molar-refractivity contribution is 5.92. The van der Waals surface area contributed by atoms with Crippen molar-refractivity contribution in [3.8, 4) is 6.07 Å². The summed E-state index contributed by atoms with van der Waals surface area (Å²) in [5, 5.41) is 17.7. The van der Waals surface area contributed by atoms with E-state index in [0.717, 1.165) is 0 Å². The van der Waals surface area contributed by atoms with Crippen LogP contribution in [0.15, 0.2) is 12.1 Å². The van der Waals surface area contributed by atoms with E-state index in [2.05, 4.69) is 0 Å². The van der Waals surface area contributed by atoms with Crippen molar-refractivity contribution in [3.63, 3.8) is 0 Å². The Hall–Kier alpha value is -1.86. The molecule has 0 bridgehead atoms. The molecule has 0 atom stereocenters. The first kappa shape index (κ1) is 10.2. The summed E-state index contributed by atoms with van der Waals surface area (Å²) in [6.45, 7) is 1.82. The number of carbonyl (C=O) groups is 1. The number of nitrogens with zero attached hydrogens (tertiary/aromatic N) is 1. The molecule has 0 heterocycles. The summed E-state index contributed by atoms with van der Waals surface area (Å²) >= 11 is 0. The molecule has 3 N–H and O–H groups in total. The van der Waals surface area contributed by atoms with Gasteiger partial charge in [0.1, 0.15) is 6.07 Å². The highest BCUT2D eigenvalue weighted by Crippen LogP contribution is 2.18. The highest BCUT2D eigenvalue weighted by Gasteiger charge is 2.16. The second kappa shape index (κ2) is 3.90. The summed E-state index contributed by atoms with van der Waals surface area (Å²) in [6.07, 6.45) is 0. The Kier molecular flexibility index (Phi) is 2.85. The molecule has 4 heteroatoms. The van der Waals surface area contributed by atoms with Crippen LogP contribution in [0.2, 0.25) is 0 Å². The van der Waals surface area contributed by atoms with Gasteiger partial charge in [-0.15, -0.1) is 0 Å². The van der Waals surface area contributed by atoms with E-state index in [-0.39, 0.29) is 17.7 Å². The molecule has 0 aliphatic rings. The van der Waals surface area contributed by atoms with E-state index in [1.54, 1.807) is 19.1 Å². The molecule has 0 amide bonds. The lowest BCUT2D eigenvalue weighted by atomic mass is 9.97. The predicted molar refractivity (Wildman–Crippen MR) is 50.7 cm³/mol. The van der Waals surface area contributed by atoms with Gasteiger partial charge < -0.3 is 10.8 Å². The number of nitriles is 1. The molecule has 72 valence electrons. The van der Waals surface area contributed by atoms with Crippen LogP contribution in [0, 0.1) is 18.3 Å². The Labute approximate surface area is 81.6 Å². The highest BCUT2D eigenvalue weighted by atomic mass is 16.4. The Balaban J connectivity index is 3.54. The molecule has 0 fully saturated rings. The largest absolute Gasteiger partial charge is 0.478 e. The van der Waals surface area contributed by atoms with Gasteiger partial charge in [-0.1, -0.05) is 12.1 Å². The van der Waals surface area contributed by atoms with Gasteiger partial charge in [-0.25, -0.2) is 4.79 Å². The van der Waals surface area contributed by atoms with Gasteiger partial charge >= 0.3 is 5.97 Å². The summed E-state index contributed by atoms with van der Waals surface area (Å²) in [5.41, 5.74) is 6.75. The van der Waals surface area contributed by atoms with Crippen LogP contribution in [-0.2, 0) is 6.54 Å². The molecule has 0 unspecified atom stereocenters. The number of benzene rings is 1. The molecular weight excluding hydrogens is 180 g/mol. The van der Waals surface area contributed by atoms with Crippen LogP contribution in [0.4, 0.5) is 0 Å². The lowest BCUT2D eigenvalue weighted by Crippen LogP contribution is -2.10. The number of aromatic carboxylic acids is 1. The van der Waals surface area contributed by atoms with Crippen LogP contribution in [0.3, 0.4) is 0 Å². The Morgan fingerprint density at radius 3 is 2.71 bits per heavy atom. The number of hydrogen-bond donors (Lipinski definition) is 2. The topological polar surface area (TPSA) is 87.1 Å². The van der Waals surface area contributed by atoms with Crippen molar-refractivity contribution < 1.29 is 9.90 Å². The maximum absolute atomic E-state index is 10.9. The third kappa shape index (κ3) is 1.58. The Morgan fingerprint density at radius 1 is 1.64 bits per heavy atom. The van der Waals surface area contributed by atoms with Crippen molar-refractivity contribution >= 4 is 5.97 Å². The number of carboxylic acids is 1. The average Bonchev–Trinajstić information content (AvgIpc) is 2.17. The van der Waals surface area contributed by atoms with E-state index in [9.17, 15) is 4.79 Å². The quantitative estimate of drug-likeness (QED) is 0.728. The van der Waals surface area contributed by atoms with Gasteiger partial charge in [0.05, 0.1) is 11.1 Å². The fourth-order valence-electron chi connectivity index (χ4n) is 1.31. The SMILES string of the molecule is Cc1ccc(CN)c(C(=O)O)c1C#N. The molecule has 1 aromatic carbocycles. The first-order valence-electron chi connectivity index (χ1n) is 4.07. The lowest BCUT2D eigenvalue weighted by molar-refractivity contribution is 0.0695. The maximum atomic E-state index is 10.9. The fourth-order valence-corrected chi connectivity index (χ4v) is 1.31. The molecule has 0 spiro atoms. The van der Waals surface area contributed by atoms with E-state index in [0.29, 0.717) is 11.1 Å². The summed E-state index contributed by atoms with van der Waals surface area (Å²) in [7, 11) is 0. The minimum atomic E-state index is -1.11. The minimum Gasteiger partial charge on any atom is -0.478 e. The van der Waals surface area contributed by atoms with Gasteiger partial charge in [0.15, 0.2) is 0 Å². The van der Waals surface area contributed by atoms with Crippen LogP contribution >= 0.6 is 0 Å². The van der Waals surface area contributed by atoms with Crippen LogP contribution in [-0.4, -0.2) is 11.1 Å². The van der Waals surface area contributed by atoms with Crippen molar-refractivity contribution in [2.75, 3.05) is 0 Å². The molecule has 0 radical (unpaired) electrons. The zero-order valence-corrected chi connectivity index (χ0v) is 7.74. The second-order valence-corrected chi connectivity index (χ2v) is 2.91. The molecule has 0 saturated carbocycles. The second-order valence-electron chi connectivity index (χ2n) is 2.91. The van der Waals surface area contributed by atoms with Gasteiger partial charge in [0, 0.05) is 6.54 Å². The van der Waals surface area contributed by atoms with E-state index in [1.807, 2.05) is 6.07 Å². The van der Waals surface area contributed by atoms with Crippen LogP contribution in [0.5, 0.6) is 0 Å². The normalized spacial score (nSPS) is 9.50. The van der Waals surface area contributed by atoms with Gasteiger partial charge in [-0.05, 0) is 18.1 Å². The molecule has 0 aliphatic heterocycles.